The van der Waals surface area contributed by atoms with Crippen molar-refractivity contribution in [3.63, 3.8) is 0 Å². The van der Waals surface area contributed by atoms with Gasteiger partial charge in [-0.3, -0.25) is 0 Å². The van der Waals surface area contributed by atoms with Crippen LogP contribution >= 0.6 is 34.1 Å². The molecule has 5 heteroatoms. The minimum absolute atomic E-state index is 0.0276. The topological polar surface area (TPSA) is 35.0 Å². The van der Waals surface area contributed by atoms with E-state index in [1.165, 1.54) is 11.5 Å². The van der Waals surface area contributed by atoms with Gasteiger partial charge in [0.25, 0.3) is 0 Å². The fourth-order valence-corrected chi connectivity index (χ4v) is 1.74. The van der Waals surface area contributed by atoms with Gasteiger partial charge in [-0.1, -0.05) is 0 Å². The van der Waals surface area contributed by atoms with Crippen molar-refractivity contribution >= 4 is 34.1 Å². The molecule has 1 heterocycles. The molecule has 1 atom stereocenters. The van der Waals surface area contributed by atoms with Crippen molar-refractivity contribution in [2.24, 2.45) is 0 Å². The number of aromatic nitrogens is 2. The lowest BCUT2D eigenvalue weighted by Gasteiger charge is -2.05. The highest BCUT2D eigenvalue weighted by Crippen LogP contribution is 2.16. The minimum atomic E-state index is 0.0276. The van der Waals surface area contributed by atoms with E-state index in [1.807, 2.05) is 13.8 Å². The lowest BCUT2D eigenvalue weighted by Crippen LogP contribution is -2.01. The molecule has 0 spiro atoms. The number of hydrogen-bond donors (Lipinski definition) is 0. The quantitative estimate of drug-likeness (QED) is 0.798. The van der Waals surface area contributed by atoms with E-state index in [4.69, 9.17) is 4.74 Å². The summed E-state index contributed by atoms with van der Waals surface area (Å²) in [6.45, 7) is 4.63. The summed E-state index contributed by atoms with van der Waals surface area (Å²) in [5, 5.41) is 0. The Morgan fingerprint density at radius 3 is 2.91 bits per heavy atom. The summed E-state index contributed by atoms with van der Waals surface area (Å²) < 4.78 is 10.4. The largest absolute Gasteiger partial charge is 0.371 e. The summed E-state index contributed by atoms with van der Waals surface area (Å²) in [4.78, 5) is 4.20. The Morgan fingerprint density at radius 2 is 2.45 bits per heavy atom. The third-order valence-electron chi connectivity index (χ3n) is 1.20. The number of hydrogen-bond acceptors (Lipinski definition) is 4. The highest BCUT2D eigenvalue weighted by molar-refractivity contribution is 14.1. The fraction of sp³-hybridized carbons (Fsp3) is 0.667. The van der Waals surface area contributed by atoms with E-state index in [-0.39, 0.29) is 6.10 Å². The van der Waals surface area contributed by atoms with Gasteiger partial charge in [-0.2, -0.15) is 4.37 Å². The van der Waals surface area contributed by atoms with Crippen LogP contribution in [-0.2, 0) is 4.74 Å². The minimum Gasteiger partial charge on any atom is -0.371 e. The van der Waals surface area contributed by atoms with E-state index in [1.54, 1.807) is 0 Å². The average Bonchev–Trinajstić information content (AvgIpc) is 2.36. The van der Waals surface area contributed by atoms with Crippen molar-refractivity contribution in [3.8, 4) is 0 Å². The first-order valence-electron chi connectivity index (χ1n) is 3.34. The molecule has 0 radical (unpaired) electrons. The van der Waals surface area contributed by atoms with Gasteiger partial charge in [0.05, 0.1) is 0 Å². The molecule has 1 aromatic rings. The monoisotopic (exact) mass is 284 g/mol. The molecule has 0 aliphatic carbocycles. The maximum absolute atomic E-state index is 5.32. The van der Waals surface area contributed by atoms with Crippen LogP contribution in [0.5, 0.6) is 0 Å². The number of halogens is 1. The second-order valence-corrected chi connectivity index (χ2v) is 4.51. The summed E-state index contributed by atoms with van der Waals surface area (Å²) in [7, 11) is 0. The maximum Gasteiger partial charge on any atom is 0.174 e. The second kappa shape index (κ2) is 4.32. The molecule has 0 aliphatic rings. The van der Waals surface area contributed by atoms with Gasteiger partial charge in [-0.05, 0) is 48.0 Å². The Bertz CT molecular complexity index is 228. The van der Waals surface area contributed by atoms with Gasteiger partial charge in [-0.25, -0.2) is 4.98 Å². The van der Waals surface area contributed by atoms with Crippen molar-refractivity contribution < 1.29 is 4.74 Å². The lowest BCUT2D eigenvalue weighted by molar-refractivity contribution is 0.0708. The van der Waals surface area contributed by atoms with E-state index in [0.29, 0.717) is 6.61 Å². The zero-order valence-electron chi connectivity index (χ0n) is 6.37. The van der Waals surface area contributed by atoms with Crippen LogP contribution in [-0.4, -0.2) is 16.0 Å². The Balaban J connectivity index is 2.60. The summed E-state index contributed by atoms with van der Waals surface area (Å²) >= 11 is 3.56. The molecule has 3 nitrogen and oxygen atoms in total. The summed E-state index contributed by atoms with van der Waals surface area (Å²) in [6.07, 6.45) is 0.0276. The van der Waals surface area contributed by atoms with E-state index >= 15 is 0 Å². The fourth-order valence-electron chi connectivity index (χ4n) is 0.705. The van der Waals surface area contributed by atoms with Crippen LogP contribution in [0.2, 0.25) is 0 Å². The van der Waals surface area contributed by atoms with Gasteiger partial charge in [0.2, 0.25) is 0 Å². The Hall–Kier alpha value is 0.250. The molecule has 1 aromatic heterocycles. The highest BCUT2D eigenvalue weighted by Gasteiger charge is 2.09. The van der Waals surface area contributed by atoms with Gasteiger partial charge in [-0.15, -0.1) is 0 Å². The molecule has 0 amide bonds. The molecule has 0 saturated heterocycles. The molecule has 0 N–H and O–H groups in total. The number of rotatable bonds is 3. The van der Waals surface area contributed by atoms with Crippen molar-refractivity contribution in [2.45, 2.75) is 20.0 Å². The van der Waals surface area contributed by atoms with E-state index in [9.17, 15) is 0 Å². The van der Waals surface area contributed by atoms with Gasteiger partial charge in [0, 0.05) is 6.61 Å². The highest BCUT2D eigenvalue weighted by atomic mass is 127. The molecule has 0 aliphatic heterocycles. The van der Waals surface area contributed by atoms with Gasteiger partial charge < -0.3 is 4.74 Å². The van der Waals surface area contributed by atoms with Crippen molar-refractivity contribution in [3.05, 3.63) is 8.84 Å². The lowest BCUT2D eigenvalue weighted by atomic mass is 10.4. The first kappa shape index (κ1) is 9.34. The zero-order chi connectivity index (χ0) is 8.27. The summed E-state index contributed by atoms with van der Waals surface area (Å²) in [5.74, 6) is 0.793. The molecule has 62 valence electrons. The van der Waals surface area contributed by atoms with Crippen molar-refractivity contribution in [1.82, 2.24) is 9.36 Å². The first-order valence-corrected chi connectivity index (χ1v) is 5.20. The molecule has 0 fully saturated rings. The Kier molecular flexibility index (Phi) is 3.67. The van der Waals surface area contributed by atoms with Crippen LogP contribution in [0, 0.1) is 3.01 Å². The molecular weight excluding hydrogens is 275 g/mol. The molecule has 0 bridgehead atoms. The zero-order valence-corrected chi connectivity index (χ0v) is 9.35. The van der Waals surface area contributed by atoms with Crippen LogP contribution < -0.4 is 0 Å². The molecule has 1 rings (SSSR count). The van der Waals surface area contributed by atoms with Crippen LogP contribution in [0.15, 0.2) is 0 Å². The van der Waals surface area contributed by atoms with E-state index < -0.39 is 0 Å². The van der Waals surface area contributed by atoms with Gasteiger partial charge in [0.1, 0.15) is 6.10 Å². The van der Waals surface area contributed by atoms with E-state index in [2.05, 4.69) is 31.9 Å². The number of ether oxygens (including phenoxy) is 1. The third kappa shape index (κ3) is 2.64. The van der Waals surface area contributed by atoms with Crippen molar-refractivity contribution in [1.29, 1.82) is 0 Å². The van der Waals surface area contributed by atoms with E-state index in [0.717, 1.165) is 8.84 Å². The van der Waals surface area contributed by atoms with Gasteiger partial charge in [0.15, 0.2) is 8.84 Å². The van der Waals surface area contributed by atoms with Crippen LogP contribution in [0.1, 0.15) is 25.8 Å². The Labute approximate surface area is 83.5 Å². The number of nitrogens with zero attached hydrogens (tertiary/aromatic N) is 2. The SMILES string of the molecule is CCOC(C)c1nsc(I)n1. The Morgan fingerprint density at radius 1 is 1.73 bits per heavy atom. The van der Waals surface area contributed by atoms with Crippen LogP contribution in [0.3, 0.4) is 0 Å². The van der Waals surface area contributed by atoms with Crippen molar-refractivity contribution in [2.75, 3.05) is 6.61 Å². The smallest absolute Gasteiger partial charge is 0.174 e. The maximum atomic E-state index is 5.32. The average molecular weight is 284 g/mol. The molecule has 0 aromatic carbocycles. The predicted molar refractivity (Wildman–Crippen MR) is 52.7 cm³/mol. The van der Waals surface area contributed by atoms with Crippen LogP contribution in [0.25, 0.3) is 0 Å². The summed E-state index contributed by atoms with van der Waals surface area (Å²) in [6, 6.07) is 0. The second-order valence-electron chi connectivity index (χ2n) is 2.00. The molecule has 1 unspecified atom stereocenters. The molecule has 0 saturated carbocycles. The standard InChI is InChI=1S/C6H9IN2OS/c1-3-10-4(2)5-8-6(7)11-9-5/h4H,3H2,1-2H3. The molecule has 11 heavy (non-hydrogen) atoms. The predicted octanol–water partition coefficient (Wildman–Crippen LogP) is 2.24. The van der Waals surface area contributed by atoms with Crippen LogP contribution in [0.4, 0.5) is 0 Å². The normalized spacial score (nSPS) is 13.4. The van der Waals surface area contributed by atoms with Gasteiger partial charge >= 0.3 is 0 Å². The molecular formula is C6H9IN2OS. The first-order chi connectivity index (χ1) is 5.24. The summed E-state index contributed by atoms with van der Waals surface area (Å²) in [5.41, 5.74) is 0. The third-order valence-corrected chi connectivity index (χ3v) is 2.55.